The van der Waals surface area contributed by atoms with Crippen molar-refractivity contribution in [1.82, 2.24) is 19.6 Å². The number of rotatable bonds is 7. The first kappa shape index (κ1) is 20.7. The highest BCUT2D eigenvalue weighted by Gasteiger charge is 2.27. The summed E-state index contributed by atoms with van der Waals surface area (Å²) in [4.78, 5) is 35.2. The zero-order valence-electron chi connectivity index (χ0n) is 16.7. The van der Waals surface area contributed by atoms with Gasteiger partial charge in [-0.15, -0.1) is 0 Å². The van der Waals surface area contributed by atoms with Gasteiger partial charge in [-0.2, -0.15) is 9.78 Å². The topological polar surface area (TPSA) is 137 Å². The fraction of sp³-hybridized carbons (Fsp3) is 0.263. The second-order valence-electron chi connectivity index (χ2n) is 6.67. The van der Waals surface area contributed by atoms with Gasteiger partial charge in [0.25, 0.3) is 11.8 Å². The lowest BCUT2D eigenvalue weighted by atomic mass is 10.2. The van der Waals surface area contributed by atoms with E-state index in [0.717, 1.165) is 0 Å². The molecule has 11 heteroatoms. The largest absolute Gasteiger partial charge is 0.390 e. The molecular formula is C19H21N7O4. The average Bonchev–Trinajstić information content (AvgIpc) is 3.30. The standard InChI is InChI=1S/C19H21N7O4/c1-4-16(25-12(2)11-17(23-25)26(29)30)19(28)21-14-7-5-13(6-8-14)20-18(27)15-9-10-24(3)22-15/h5-11,16H,4H2,1-3H3,(H,20,27)(H,21,28). The third-order valence-corrected chi connectivity index (χ3v) is 4.44. The van der Waals surface area contributed by atoms with Crippen LogP contribution in [0, 0.1) is 17.0 Å². The minimum atomic E-state index is -0.692. The number of aromatic nitrogens is 4. The zero-order chi connectivity index (χ0) is 21.8. The van der Waals surface area contributed by atoms with E-state index in [1.165, 1.54) is 15.4 Å². The van der Waals surface area contributed by atoms with Crippen molar-refractivity contribution in [3.8, 4) is 0 Å². The molecule has 3 rings (SSSR count). The van der Waals surface area contributed by atoms with E-state index in [1.807, 2.05) is 0 Å². The molecular weight excluding hydrogens is 390 g/mol. The van der Waals surface area contributed by atoms with Crippen molar-refractivity contribution in [3.63, 3.8) is 0 Å². The van der Waals surface area contributed by atoms with Crippen LogP contribution in [0.15, 0.2) is 42.6 Å². The van der Waals surface area contributed by atoms with E-state index in [9.17, 15) is 19.7 Å². The summed E-state index contributed by atoms with van der Waals surface area (Å²) in [5.74, 6) is -0.982. The lowest BCUT2D eigenvalue weighted by molar-refractivity contribution is -0.389. The molecule has 11 nitrogen and oxygen atoms in total. The number of amides is 2. The predicted molar refractivity (Wildman–Crippen MR) is 109 cm³/mol. The number of carbonyl (C=O) groups is 2. The van der Waals surface area contributed by atoms with Crippen LogP contribution in [-0.2, 0) is 11.8 Å². The summed E-state index contributed by atoms with van der Waals surface area (Å²) < 4.78 is 2.89. The number of benzene rings is 1. The van der Waals surface area contributed by atoms with E-state index in [1.54, 1.807) is 57.4 Å². The Morgan fingerprint density at radius 1 is 1.13 bits per heavy atom. The van der Waals surface area contributed by atoms with Gasteiger partial charge in [0.2, 0.25) is 0 Å². The van der Waals surface area contributed by atoms with Gasteiger partial charge in [0.15, 0.2) is 11.7 Å². The summed E-state index contributed by atoms with van der Waals surface area (Å²) in [5, 5.41) is 24.4. The molecule has 0 aliphatic carbocycles. The van der Waals surface area contributed by atoms with Crippen LogP contribution in [0.5, 0.6) is 0 Å². The first-order valence-electron chi connectivity index (χ1n) is 9.21. The second kappa shape index (κ2) is 8.55. The smallest absolute Gasteiger partial charge is 0.358 e. The van der Waals surface area contributed by atoms with Gasteiger partial charge in [-0.25, -0.2) is 0 Å². The molecule has 30 heavy (non-hydrogen) atoms. The highest BCUT2D eigenvalue weighted by molar-refractivity contribution is 6.03. The number of hydrogen-bond acceptors (Lipinski definition) is 6. The van der Waals surface area contributed by atoms with Gasteiger partial charge >= 0.3 is 5.82 Å². The average molecular weight is 411 g/mol. The van der Waals surface area contributed by atoms with E-state index >= 15 is 0 Å². The van der Waals surface area contributed by atoms with Gasteiger partial charge < -0.3 is 20.7 Å². The molecule has 0 aliphatic rings. The Bertz CT molecular complexity index is 1080. The highest BCUT2D eigenvalue weighted by Crippen LogP contribution is 2.21. The SMILES string of the molecule is CCC(C(=O)Nc1ccc(NC(=O)c2ccn(C)n2)cc1)n1nc([N+](=O)[O-])cc1C. The summed E-state index contributed by atoms with van der Waals surface area (Å²) in [6.45, 7) is 3.46. The van der Waals surface area contributed by atoms with Crippen LogP contribution in [0.2, 0.25) is 0 Å². The minimum Gasteiger partial charge on any atom is -0.358 e. The van der Waals surface area contributed by atoms with Crippen molar-refractivity contribution in [2.75, 3.05) is 10.6 Å². The third kappa shape index (κ3) is 4.51. The van der Waals surface area contributed by atoms with E-state index in [0.29, 0.717) is 29.2 Å². The van der Waals surface area contributed by atoms with Gasteiger partial charge in [-0.3, -0.25) is 14.3 Å². The Balaban J connectivity index is 1.67. The van der Waals surface area contributed by atoms with Gasteiger partial charge in [0, 0.05) is 24.6 Å². The van der Waals surface area contributed by atoms with Gasteiger partial charge in [-0.05, 0) is 48.6 Å². The number of nitrogens with zero attached hydrogens (tertiary/aromatic N) is 5. The molecule has 0 saturated carbocycles. The Hall–Kier alpha value is -4.02. The van der Waals surface area contributed by atoms with Crippen LogP contribution in [0.1, 0.15) is 35.6 Å². The molecule has 2 N–H and O–H groups in total. The van der Waals surface area contributed by atoms with Crippen molar-refractivity contribution in [1.29, 1.82) is 0 Å². The van der Waals surface area contributed by atoms with E-state index in [2.05, 4.69) is 20.8 Å². The molecule has 0 radical (unpaired) electrons. The molecule has 0 bridgehead atoms. The van der Waals surface area contributed by atoms with Crippen LogP contribution >= 0.6 is 0 Å². The number of nitrogens with one attached hydrogen (secondary N) is 2. The minimum absolute atomic E-state index is 0.296. The van der Waals surface area contributed by atoms with Crippen molar-refractivity contribution in [3.05, 3.63) is 64.1 Å². The molecule has 1 aromatic carbocycles. The molecule has 3 aromatic rings. The first-order chi connectivity index (χ1) is 14.3. The highest BCUT2D eigenvalue weighted by atomic mass is 16.6. The number of hydrogen-bond donors (Lipinski definition) is 2. The summed E-state index contributed by atoms with van der Waals surface area (Å²) >= 11 is 0. The molecule has 0 saturated heterocycles. The molecule has 0 aliphatic heterocycles. The summed E-state index contributed by atoms with van der Waals surface area (Å²) in [7, 11) is 1.72. The van der Waals surface area contributed by atoms with Crippen LogP contribution in [0.3, 0.4) is 0 Å². The maximum absolute atomic E-state index is 12.7. The fourth-order valence-electron chi connectivity index (χ4n) is 2.94. The maximum atomic E-state index is 12.7. The Morgan fingerprint density at radius 2 is 1.77 bits per heavy atom. The van der Waals surface area contributed by atoms with Crippen LogP contribution in [0.25, 0.3) is 0 Å². The number of anilines is 2. The van der Waals surface area contributed by atoms with Crippen molar-refractivity contribution in [2.24, 2.45) is 7.05 Å². The van der Waals surface area contributed by atoms with Gasteiger partial charge in [0.1, 0.15) is 0 Å². The fourth-order valence-corrected chi connectivity index (χ4v) is 2.94. The molecule has 2 aromatic heterocycles. The summed E-state index contributed by atoms with van der Waals surface area (Å²) in [6, 6.07) is 8.85. The molecule has 0 fully saturated rings. The third-order valence-electron chi connectivity index (χ3n) is 4.44. The van der Waals surface area contributed by atoms with Crippen molar-refractivity contribution >= 4 is 29.0 Å². The summed E-state index contributed by atoms with van der Waals surface area (Å²) in [6.07, 6.45) is 2.08. The maximum Gasteiger partial charge on any atom is 0.390 e. The second-order valence-corrected chi connectivity index (χ2v) is 6.67. The first-order valence-corrected chi connectivity index (χ1v) is 9.21. The Kier molecular flexibility index (Phi) is 5.90. The normalized spacial score (nSPS) is 11.7. The Morgan fingerprint density at radius 3 is 2.27 bits per heavy atom. The van der Waals surface area contributed by atoms with Gasteiger partial charge in [0.05, 0.1) is 16.9 Å². The molecule has 1 unspecified atom stereocenters. The molecule has 156 valence electrons. The number of nitro groups is 1. The van der Waals surface area contributed by atoms with E-state index < -0.39 is 11.0 Å². The van der Waals surface area contributed by atoms with Crippen LogP contribution in [-0.4, -0.2) is 36.3 Å². The summed E-state index contributed by atoms with van der Waals surface area (Å²) in [5.41, 5.74) is 1.89. The predicted octanol–water partition coefficient (Wildman–Crippen LogP) is 2.68. The van der Waals surface area contributed by atoms with Gasteiger partial charge in [-0.1, -0.05) is 6.92 Å². The van der Waals surface area contributed by atoms with Crippen molar-refractivity contribution < 1.29 is 14.5 Å². The van der Waals surface area contributed by atoms with Crippen molar-refractivity contribution in [2.45, 2.75) is 26.3 Å². The molecule has 2 heterocycles. The quantitative estimate of drug-likeness (QED) is 0.453. The zero-order valence-corrected chi connectivity index (χ0v) is 16.7. The van der Waals surface area contributed by atoms with E-state index in [4.69, 9.17) is 0 Å². The molecule has 1 atom stereocenters. The molecule has 0 spiro atoms. The monoisotopic (exact) mass is 411 g/mol. The van der Waals surface area contributed by atoms with Crippen LogP contribution < -0.4 is 10.6 Å². The Labute approximate surface area is 171 Å². The van der Waals surface area contributed by atoms with Crippen LogP contribution in [0.4, 0.5) is 17.2 Å². The lowest BCUT2D eigenvalue weighted by Gasteiger charge is -2.14. The molecule has 2 amide bonds. The number of aryl methyl sites for hydroxylation is 2. The lowest BCUT2D eigenvalue weighted by Crippen LogP contribution is -2.27. The van der Waals surface area contributed by atoms with E-state index in [-0.39, 0.29) is 17.6 Å². The number of carbonyl (C=O) groups excluding carboxylic acids is 2.